The Kier molecular flexibility index (Phi) is 5.12. The second-order valence-electron chi connectivity index (χ2n) is 4.55. The molecule has 2 rings (SSSR count). The van der Waals surface area contributed by atoms with Crippen molar-refractivity contribution in [3.8, 4) is 5.75 Å². The highest BCUT2D eigenvalue weighted by Crippen LogP contribution is 2.28. The van der Waals surface area contributed by atoms with Gasteiger partial charge in [-0.3, -0.25) is 11.3 Å². The monoisotopic (exact) mass is 312 g/mol. The van der Waals surface area contributed by atoms with E-state index in [1.165, 1.54) is 6.07 Å². The molecule has 6 heteroatoms. The molecule has 0 aliphatic heterocycles. The van der Waals surface area contributed by atoms with Gasteiger partial charge in [0.05, 0.1) is 13.2 Å². The molecule has 112 valence electrons. The van der Waals surface area contributed by atoms with Crippen molar-refractivity contribution in [1.29, 1.82) is 0 Å². The molecule has 0 bridgehead atoms. The molecule has 0 saturated heterocycles. The standard InChI is InChI=1S/C15H15ClF2N2O/c1-21-15-5-3-11(16)6-10(15)8-14(20-19)9-2-4-12(17)13(18)7-9/h2-7,14,20H,8,19H2,1H3. The Bertz CT molecular complexity index is 637. The number of nitrogens with two attached hydrogens (primary N) is 1. The lowest BCUT2D eigenvalue weighted by Crippen LogP contribution is -2.29. The van der Waals surface area contributed by atoms with E-state index in [1.807, 2.05) is 0 Å². The Morgan fingerprint density at radius 3 is 2.57 bits per heavy atom. The Morgan fingerprint density at radius 2 is 1.95 bits per heavy atom. The van der Waals surface area contributed by atoms with Gasteiger partial charge in [-0.25, -0.2) is 8.78 Å². The van der Waals surface area contributed by atoms with Gasteiger partial charge in [0, 0.05) is 5.02 Å². The van der Waals surface area contributed by atoms with Crippen LogP contribution < -0.4 is 16.0 Å². The molecule has 0 saturated carbocycles. The van der Waals surface area contributed by atoms with Crippen molar-refractivity contribution in [1.82, 2.24) is 5.43 Å². The lowest BCUT2D eigenvalue weighted by Gasteiger charge is -2.18. The molecule has 3 N–H and O–H groups in total. The molecule has 0 spiro atoms. The second-order valence-corrected chi connectivity index (χ2v) is 4.99. The van der Waals surface area contributed by atoms with Crippen molar-refractivity contribution in [2.24, 2.45) is 5.84 Å². The van der Waals surface area contributed by atoms with Crippen LogP contribution in [0.25, 0.3) is 0 Å². The topological polar surface area (TPSA) is 47.3 Å². The van der Waals surface area contributed by atoms with Gasteiger partial charge >= 0.3 is 0 Å². The first-order chi connectivity index (χ1) is 10.0. The molecule has 1 unspecified atom stereocenters. The number of hydrazine groups is 1. The molecule has 0 amide bonds. The number of methoxy groups -OCH3 is 1. The third kappa shape index (κ3) is 3.69. The zero-order valence-electron chi connectivity index (χ0n) is 11.4. The summed E-state index contributed by atoms with van der Waals surface area (Å²) in [4.78, 5) is 0. The predicted molar refractivity (Wildman–Crippen MR) is 78.1 cm³/mol. The van der Waals surface area contributed by atoms with Gasteiger partial charge in [0.2, 0.25) is 0 Å². The van der Waals surface area contributed by atoms with Gasteiger partial charge < -0.3 is 4.74 Å². The van der Waals surface area contributed by atoms with E-state index in [9.17, 15) is 8.78 Å². The van der Waals surface area contributed by atoms with Crippen LogP contribution in [0, 0.1) is 11.6 Å². The highest BCUT2D eigenvalue weighted by atomic mass is 35.5. The molecule has 21 heavy (non-hydrogen) atoms. The van der Waals surface area contributed by atoms with Crippen molar-refractivity contribution in [2.75, 3.05) is 7.11 Å². The number of benzene rings is 2. The molecular formula is C15H15ClF2N2O. The average Bonchev–Trinajstić information content (AvgIpc) is 2.48. The van der Waals surface area contributed by atoms with Crippen LogP contribution in [-0.4, -0.2) is 7.11 Å². The molecule has 0 aliphatic carbocycles. The highest BCUT2D eigenvalue weighted by molar-refractivity contribution is 6.30. The second kappa shape index (κ2) is 6.85. The maximum atomic E-state index is 13.3. The van der Waals surface area contributed by atoms with Crippen LogP contribution in [0.2, 0.25) is 5.02 Å². The van der Waals surface area contributed by atoms with E-state index in [0.717, 1.165) is 17.7 Å². The summed E-state index contributed by atoms with van der Waals surface area (Å²) < 4.78 is 31.6. The van der Waals surface area contributed by atoms with E-state index >= 15 is 0 Å². The van der Waals surface area contributed by atoms with E-state index in [4.69, 9.17) is 22.2 Å². The van der Waals surface area contributed by atoms with Crippen molar-refractivity contribution in [3.05, 3.63) is 64.2 Å². The minimum Gasteiger partial charge on any atom is -0.496 e. The van der Waals surface area contributed by atoms with Crippen LogP contribution in [0.3, 0.4) is 0 Å². The summed E-state index contributed by atoms with van der Waals surface area (Å²) in [6.07, 6.45) is 0.422. The van der Waals surface area contributed by atoms with Gasteiger partial charge in [0.1, 0.15) is 5.75 Å². The molecule has 0 fully saturated rings. The van der Waals surface area contributed by atoms with Crippen molar-refractivity contribution in [2.45, 2.75) is 12.5 Å². The minimum absolute atomic E-state index is 0.396. The van der Waals surface area contributed by atoms with Crippen LogP contribution in [0.15, 0.2) is 36.4 Å². The highest BCUT2D eigenvalue weighted by Gasteiger charge is 2.16. The summed E-state index contributed by atoms with van der Waals surface area (Å²) in [5, 5.41) is 0.562. The number of nitrogens with one attached hydrogen (secondary N) is 1. The summed E-state index contributed by atoms with van der Waals surface area (Å²) in [6, 6.07) is 8.50. The zero-order valence-corrected chi connectivity index (χ0v) is 12.1. The quantitative estimate of drug-likeness (QED) is 0.657. The smallest absolute Gasteiger partial charge is 0.159 e. The number of hydrogen-bond acceptors (Lipinski definition) is 3. The Morgan fingerprint density at radius 1 is 1.19 bits per heavy atom. The minimum atomic E-state index is -0.911. The summed E-state index contributed by atoms with van der Waals surface area (Å²) >= 11 is 5.98. The molecule has 1 atom stereocenters. The van der Waals surface area contributed by atoms with E-state index in [0.29, 0.717) is 22.8 Å². The van der Waals surface area contributed by atoms with Crippen molar-refractivity contribution < 1.29 is 13.5 Å². The van der Waals surface area contributed by atoms with E-state index in [-0.39, 0.29) is 0 Å². The first-order valence-corrected chi connectivity index (χ1v) is 6.66. The van der Waals surface area contributed by atoms with Crippen molar-refractivity contribution >= 4 is 11.6 Å². The predicted octanol–water partition coefficient (Wildman–Crippen LogP) is 3.37. The maximum absolute atomic E-state index is 13.3. The van der Waals surface area contributed by atoms with Crippen LogP contribution in [0.5, 0.6) is 5.75 Å². The summed E-state index contributed by atoms with van der Waals surface area (Å²) in [5.41, 5.74) is 3.95. The largest absolute Gasteiger partial charge is 0.496 e. The Balaban J connectivity index is 2.30. The first kappa shape index (κ1) is 15.7. The molecule has 0 aromatic heterocycles. The normalized spacial score (nSPS) is 12.2. The maximum Gasteiger partial charge on any atom is 0.159 e. The lowest BCUT2D eigenvalue weighted by atomic mass is 9.98. The summed E-state index contributed by atoms with van der Waals surface area (Å²) in [5.74, 6) is 4.38. The molecule has 3 nitrogen and oxygen atoms in total. The molecule has 0 heterocycles. The number of ether oxygens (including phenoxy) is 1. The average molecular weight is 313 g/mol. The molecular weight excluding hydrogens is 298 g/mol. The van der Waals surface area contributed by atoms with Gasteiger partial charge in [0.25, 0.3) is 0 Å². The Labute approximate surface area is 126 Å². The van der Waals surface area contributed by atoms with Crippen LogP contribution in [0.1, 0.15) is 17.2 Å². The van der Waals surface area contributed by atoms with Crippen LogP contribution >= 0.6 is 11.6 Å². The lowest BCUT2D eigenvalue weighted by molar-refractivity contribution is 0.405. The fourth-order valence-corrected chi connectivity index (χ4v) is 2.32. The van der Waals surface area contributed by atoms with Crippen LogP contribution in [0.4, 0.5) is 8.78 Å². The van der Waals surface area contributed by atoms with Gasteiger partial charge in [-0.1, -0.05) is 17.7 Å². The van der Waals surface area contributed by atoms with E-state index < -0.39 is 17.7 Å². The SMILES string of the molecule is COc1ccc(Cl)cc1CC(NN)c1ccc(F)c(F)c1. The van der Waals surface area contributed by atoms with E-state index in [1.54, 1.807) is 25.3 Å². The van der Waals surface area contributed by atoms with Gasteiger partial charge in [-0.05, 0) is 47.9 Å². The fraction of sp³-hybridized carbons (Fsp3) is 0.200. The third-order valence-corrected chi connectivity index (χ3v) is 3.45. The third-order valence-electron chi connectivity index (χ3n) is 3.21. The number of rotatable bonds is 5. The zero-order chi connectivity index (χ0) is 15.4. The number of hydrogen-bond donors (Lipinski definition) is 2. The summed E-state index contributed by atoms with van der Waals surface area (Å²) in [7, 11) is 1.55. The van der Waals surface area contributed by atoms with Crippen LogP contribution in [-0.2, 0) is 6.42 Å². The Hall–Kier alpha value is -1.69. The van der Waals surface area contributed by atoms with E-state index in [2.05, 4.69) is 5.43 Å². The molecule has 0 radical (unpaired) electrons. The fourth-order valence-electron chi connectivity index (χ4n) is 2.13. The molecule has 0 aliphatic rings. The van der Waals surface area contributed by atoms with Gasteiger partial charge in [-0.15, -0.1) is 0 Å². The van der Waals surface area contributed by atoms with Gasteiger partial charge in [-0.2, -0.15) is 0 Å². The molecule has 2 aromatic carbocycles. The van der Waals surface area contributed by atoms with Gasteiger partial charge in [0.15, 0.2) is 11.6 Å². The molecule has 2 aromatic rings. The summed E-state index contributed by atoms with van der Waals surface area (Å²) in [6.45, 7) is 0. The number of halogens is 3. The first-order valence-electron chi connectivity index (χ1n) is 6.28. The van der Waals surface area contributed by atoms with Crippen molar-refractivity contribution in [3.63, 3.8) is 0 Å².